The summed E-state index contributed by atoms with van der Waals surface area (Å²) in [6.45, 7) is 1.68. The number of nitrogens with one attached hydrogen (secondary N) is 1. The summed E-state index contributed by atoms with van der Waals surface area (Å²) in [5.74, 6) is 1.63. The SMILES string of the molecule is COCc1cccc(NCc2ccc3c(c2)OCO3)c1. The first-order valence-corrected chi connectivity index (χ1v) is 6.55. The lowest BCUT2D eigenvalue weighted by atomic mass is 10.1. The number of hydrogen-bond acceptors (Lipinski definition) is 4. The summed E-state index contributed by atoms with van der Waals surface area (Å²) in [4.78, 5) is 0. The summed E-state index contributed by atoms with van der Waals surface area (Å²) in [7, 11) is 1.70. The third-order valence-corrected chi connectivity index (χ3v) is 3.17. The minimum absolute atomic E-state index is 0.311. The van der Waals surface area contributed by atoms with Gasteiger partial charge in [0.05, 0.1) is 6.61 Å². The Hall–Kier alpha value is -2.20. The summed E-state index contributed by atoms with van der Waals surface area (Å²) in [6, 6.07) is 14.2. The largest absolute Gasteiger partial charge is 0.454 e. The highest BCUT2D eigenvalue weighted by atomic mass is 16.7. The van der Waals surface area contributed by atoms with Gasteiger partial charge in [0.1, 0.15) is 0 Å². The van der Waals surface area contributed by atoms with E-state index < -0.39 is 0 Å². The number of ether oxygens (including phenoxy) is 3. The molecule has 0 radical (unpaired) electrons. The van der Waals surface area contributed by atoms with Crippen LogP contribution in [0.15, 0.2) is 42.5 Å². The van der Waals surface area contributed by atoms with E-state index in [0.29, 0.717) is 13.4 Å². The summed E-state index contributed by atoms with van der Waals surface area (Å²) >= 11 is 0. The predicted octanol–water partition coefficient (Wildman–Crippen LogP) is 3.17. The minimum Gasteiger partial charge on any atom is -0.454 e. The zero-order valence-electron chi connectivity index (χ0n) is 11.4. The van der Waals surface area contributed by atoms with Crippen molar-refractivity contribution in [2.45, 2.75) is 13.2 Å². The summed E-state index contributed by atoms with van der Waals surface area (Å²) in [6.07, 6.45) is 0. The van der Waals surface area contributed by atoms with Crippen LogP contribution in [0, 0.1) is 0 Å². The molecular formula is C16H17NO3. The average molecular weight is 271 g/mol. The molecule has 0 bridgehead atoms. The van der Waals surface area contributed by atoms with Gasteiger partial charge in [-0.1, -0.05) is 18.2 Å². The van der Waals surface area contributed by atoms with Crippen LogP contribution in [0.25, 0.3) is 0 Å². The molecule has 4 heteroatoms. The highest BCUT2D eigenvalue weighted by Crippen LogP contribution is 2.32. The lowest BCUT2D eigenvalue weighted by molar-refractivity contribution is 0.174. The Kier molecular flexibility index (Phi) is 3.74. The van der Waals surface area contributed by atoms with E-state index in [4.69, 9.17) is 14.2 Å². The normalized spacial score (nSPS) is 12.4. The molecular weight excluding hydrogens is 254 g/mol. The summed E-state index contributed by atoms with van der Waals surface area (Å²) in [5, 5.41) is 3.40. The van der Waals surface area contributed by atoms with Gasteiger partial charge in [0.15, 0.2) is 11.5 Å². The lowest BCUT2D eigenvalue weighted by Gasteiger charge is -2.09. The van der Waals surface area contributed by atoms with E-state index in [0.717, 1.165) is 34.9 Å². The summed E-state index contributed by atoms with van der Waals surface area (Å²) < 4.78 is 15.8. The van der Waals surface area contributed by atoms with Gasteiger partial charge in [0.25, 0.3) is 0 Å². The van der Waals surface area contributed by atoms with Crippen LogP contribution in [0.1, 0.15) is 11.1 Å². The van der Waals surface area contributed by atoms with Crippen LogP contribution in [0.3, 0.4) is 0 Å². The Labute approximate surface area is 118 Å². The highest BCUT2D eigenvalue weighted by Gasteiger charge is 2.12. The topological polar surface area (TPSA) is 39.7 Å². The third-order valence-electron chi connectivity index (χ3n) is 3.17. The first kappa shape index (κ1) is 12.8. The molecule has 1 aliphatic heterocycles. The molecule has 0 unspecified atom stereocenters. The molecule has 0 fully saturated rings. The quantitative estimate of drug-likeness (QED) is 0.906. The second-order valence-corrected chi connectivity index (χ2v) is 4.67. The number of rotatable bonds is 5. The van der Waals surface area contributed by atoms with Crippen molar-refractivity contribution in [2.75, 3.05) is 19.2 Å². The molecule has 0 spiro atoms. The van der Waals surface area contributed by atoms with Gasteiger partial charge >= 0.3 is 0 Å². The maximum Gasteiger partial charge on any atom is 0.231 e. The number of fused-ring (bicyclic) bond motifs is 1. The number of methoxy groups -OCH3 is 1. The summed E-state index contributed by atoms with van der Waals surface area (Å²) in [5.41, 5.74) is 3.40. The molecule has 1 aliphatic rings. The fourth-order valence-electron chi connectivity index (χ4n) is 2.19. The fraction of sp³-hybridized carbons (Fsp3) is 0.250. The highest BCUT2D eigenvalue weighted by molar-refractivity contribution is 5.48. The van der Waals surface area contributed by atoms with E-state index in [1.807, 2.05) is 30.3 Å². The third kappa shape index (κ3) is 2.86. The molecule has 20 heavy (non-hydrogen) atoms. The Morgan fingerprint density at radius 2 is 1.95 bits per heavy atom. The van der Waals surface area contributed by atoms with Crippen molar-refractivity contribution in [3.05, 3.63) is 53.6 Å². The first-order valence-electron chi connectivity index (χ1n) is 6.55. The van der Waals surface area contributed by atoms with E-state index in [9.17, 15) is 0 Å². The van der Waals surface area contributed by atoms with Crippen LogP contribution in [0.2, 0.25) is 0 Å². The van der Waals surface area contributed by atoms with Crippen molar-refractivity contribution in [1.82, 2.24) is 0 Å². The van der Waals surface area contributed by atoms with Crippen molar-refractivity contribution in [3.8, 4) is 11.5 Å². The van der Waals surface area contributed by atoms with Gasteiger partial charge in [-0.05, 0) is 35.4 Å². The molecule has 104 valence electrons. The second-order valence-electron chi connectivity index (χ2n) is 4.67. The van der Waals surface area contributed by atoms with Crippen LogP contribution in [-0.4, -0.2) is 13.9 Å². The van der Waals surface area contributed by atoms with Crippen molar-refractivity contribution in [3.63, 3.8) is 0 Å². The van der Waals surface area contributed by atoms with Crippen molar-refractivity contribution in [2.24, 2.45) is 0 Å². The molecule has 1 N–H and O–H groups in total. The zero-order valence-corrected chi connectivity index (χ0v) is 11.4. The van der Waals surface area contributed by atoms with Gasteiger partial charge in [-0.15, -0.1) is 0 Å². The standard InChI is InChI=1S/C16H17NO3/c1-18-10-13-3-2-4-14(7-13)17-9-12-5-6-15-16(8-12)20-11-19-15/h2-8,17H,9-11H2,1H3. The molecule has 0 saturated heterocycles. The van der Waals surface area contributed by atoms with Gasteiger partial charge in [-0.2, -0.15) is 0 Å². The van der Waals surface area contributed by atoms with Gasteiger partial charge < -0.3 is 19.5 Å². The molecule has 0 aromatic heterocycles. The Morgan fingerprint density at radius 3 is 2.85 bits per heavy atom. The van der Waals surface area contributed by atoms with Crippen molar-refractivity contribution < 1.29 is 14.2 Å². The molecule has 0 amide bonds. The van der Waals surface area contributed by atoms with E-state index >= 15 is 0 Å². The van der Waals surface area contributed by atoms with E-state index in [2.05, 4.69) is 17.4 Å². The van der Waals surface area contributed by atoms with Gasteiger partial charge in [-0.25, -0.2) is 0 Å². The van der Waals surface area contributed by atoms with Crippen LogP contribution >= 0.6 is 0 Å². The van der Waals surface area contributed by atoms with E-state index in [1.54, 1.807) is 7.11 Å². The van der Waals surface area contributed by atoms with E-state index in [-0.39, 0.29) is 0 Å². The van der Waals surface area contributed by atoms with Gasteiger partial charge in [0.2, 0.25) is 6.79 Å². The van der Waals surface area contributed by atoms with Gasteiger partial charge in [0, 0.05) is 19.3 Å². The Morgan fingerprint density at radius 1 is 1.05 bits per heavy atom. The zero-order chi connectivity index (χ0) is 13.8. The van der Waals surface area contributed by atoms with Crippen LogP contribution in [0.4, 0.5) is 5.69 Å². The number of anilines is 1. The predicted molar refractivity (Wildman–Crippen MR) is 77.0 cm³/mol. The maximum atomic E-state index is 5.38. The minimum atomic E-state index is 0.311. The fourth-order valence-corrected chi connectivity index (χ4v) is 2.19. The molecule has 2 aromatic carbocycles. The van der Waals surface area contributed by atoms with Crippen molar-refractivity contribution in [1.29, 1.82) is 0 Å². The Balaban J connectivity index is 1.65. The first-order chi connectivity index (χ1) is 9.85. The molecule has 0 aliphatic carbocycles. The van der Waals surface area contributed by atoms with Crippen LogP contribution < -0.4 is 14.8 Å². The smallest absolute Gasteiger partial charge is 0.231 e. The second kappa shape index (κ2) is 5.84. The van der Waals surface area contributed by atoms with Crippen LogP contribution in [-0.2, 0) is 17.9 Å². The molecule has 0 saturated carbocycles. The number of benzene rings is 2. The number of hydrogen-bond donors (Lipinski definition) is 1. The van der Waals surface area contributed by atoms with Gasteiger partial charge in [-0.3, -0.25) is 0 Å². The van der Waals surface area contributed by atoms with E-state index in [1.165, 1.54) is 0 Å². The Bertz CT molecular complexity index is 598. The molecule has 0 atom stereocenters. The molecule has 4 nitrogen and oxygen atoms in total. The molecule has 1 heterocycles. The molecule has 2 aromatic rings. The monoisotopic (exact) mass is 271 g/mol. The average Bonchev–Trinajstić information content (AvgIpc) is 2.93. The maximum absolute atomic E-state index is 5.38. The van der Waals surface area contributed by atoms with Crippen molar-refractivity contribution >= 4 is 5.69 Å². The van der Waals surface area contributed by atoms with Crippen LogP contribution in [0.5, 0.6) is 11.5 Å². The lowest BCUT2D eigenvalue weighted by Crippen LogP contribution is -2.00. The molecule has 3 rings (SSSR count).